The molecule has 0 spiro atoms. The van der Waals surface area contributed by atoms with Gasteiger partial charge in [-0.05, 0) is 30.9 Å². The molecule has 0 aliphatic carbocycles. The predicted octanol–water partition coefficient (Wildman–Crippen LogP) is 2.49. The molecule has 0 bridgehead atoms. The summed E-state index contributed by atoms with van der Waals surface area (Å²) in [6.45, 7) is 2.92. The summed E-state index contributed by atoms with van der Waals surface area (Å²) in [5.74, 6) is 7.22. The monoisotopic (exact) mass is 229 g/mol. The average molecular weight is 229 g/mol. The van der Waals surface area contributed by atoms with E-state index in [-0.39, 0.29) is 6.04 Å². The average Bonchev–Trinajstić information content (AvgIpc) is 2.36. The molecule has 1 aliphatic rings. The fourth-order valence-corrected chi connectivity index (χ4v) is 2.04. The number of ether oxygens (including phenoxy) is 1. The third kappa shape index (κ3) is 3.01. The topological polar surface area (TPSA) is 35.2 Å². The van der Waals surface area contributed by atoms with Gasteiger partial charge in [-0.15, -0.1) is 0 Å². The van der Waals surface area contributed by atoms with Crippen LogP contribution in [0.5, 0.6) is 5.75 Å². The maximum absolute atomic E-state index is 5.89. The van der Waals surface area contributed by atoms with Crippen molar-refractivity contribution in [1.29, 1.82) is 0 Å². The van der Waals surface area contributed by atoms with Gasteiger partial charge in [0.2, 0.25) is 0 Å². The second-order valence-electron chi connectivity index (χ2n) is 4.41. The van der Waals surface area contributed by atoms with Crippen molar-refractivity contribution >= 4 is 0 Å². The summed E-state index contributed by atoms with van der Waals surface area (Å²) in [6, 6.07) is 6.14. The van der Waals surface area contributed by atoms with Gasteiger partial charge in [-0.25, -0.2) is 0 Å². The highest BCUT2D eigenvalue weighted by Crippen LogP contribution is 2.28. The molecule has 0 radical (unpaired) electrons. The van der Waals surface area contributed by atoms with E-state index in [9.17, 15) is 0 Å². The van der Waals surface area contributed by atoms with E-state index in [1.807, 2.05) is 12.1 Å². The fraction of sp³-hybridized carbons (Fsp3) is 0.467. The van der Waals surface area contributed by atoms with Gasteiger partial charge in [-0.2, -0.15) is 0 Å². The van der Waals surface area contributed by atoms with Gasteiger partial charge >= 0.3 is 0 Å². The van der Waals surface area contributed by atoms with Crippen LogP contribution in [0.25, 0.3) is 0 Å². The van der Waals surface area contributed by atoms with E-state index < -0.39 is 0 Å². The molecule has 2 nitrogen and oxygen atoms in total. The van der Waals surface area contributed by atoms with Crippen molar-refractivity contribution in [3.05, 3.63) is 29.3 Å². The summed E-state index contributed by atoms with van der Waals surface area (Å²) in [6.07, 6.45) is 4.20. The van der Waals surface area contributed by atoms with Gasteiger partial charge in [0, 0.05) is 0 Å². The lowest BCUT2D eigenvalue weighted by Crippen LogP contribution is -2.16. The summed E-state index contributed by atoms with van der Waals surface area (Å²) in [5.41, 5.74) is 8.14. The van der Waals surface area contributed by atoms with Gasteiger partial charge in [0.25, 0.3) is 0 Å². The molecule has 2 heteroatoms. The maximum Gasteiger partial charge on any atom is 0.138 e. The van der Waals surface area contributed by atoms with Gasteiger partial charge in [0.15, 0.2) is 0 Å². The zero-order chi connectivity index (χ0) is 12.1. The van der Waals surface area contributed by atoms with E-state index in [2.05, 4.69) is 24.8 Å². The SMILES string of the molecule is CCCC(N)C#Cc1cccc2c1OCCC2. The van der Waals surface area contributed by atoms with Crippen molar-refractivity contribution in [2.45, 2.75) is 38.6 Å². The maximum atomic E-state index is 5.89. The first kappa shape index (κ1) is 12.0. The number of rotatable bonds is 2. The highest BCUT2D eigenvalue weighted by Gasteiger charge is 2.12. The van der Waals surface area contributed by atoms with Gasteiger partial charge in [0.1, 0.15) is 5.75 Å². The van der Waals surface area contributed by atoms with Crippen LogP contribution < -0.4 is 10.5 Å². The highest BCUT2D eigenvalue weighted by molar-refractivity contribution is 5.51. The number of aryl methyl sites for hydroxylation is 1. The van der Waals surface area contributed by atoms with E-state index in [0.717, 1.165) is 43.6 Å². The Bertz CT molecular complexity index is 442. The number of benzene rings is 1. The number of para-hydroxylation sites is 1. The van der Waals surface area contributed by atoms with Crippen molar-refractivity contribution in [3.8, 4) is 17.6 Å². The molecule has 2 rings (SSSR count). The molecular formula is C15H19NO. The lowest BCUT2D eigenvalue weighted by atomic mass is 10.0. The molecule has 0 amide bonds. The van der Waals surface area contributed by atoms with Gasteiger partial charge < -0.3 is 10.5 Å². The van der Waals surface area contributed by atoms with E-state index in [1.165, 1.54) is 5.56 Å². The first-order chi connectivity index (χ1) is 8.31. The smallest absolute Gasteiger partial charge is 0.138 e. The van der Waals surface area contributed by atoms with E-state index in [0.29, 0.717) is 0 Å². The zero-order valence-electron chi connectivity index (χ0n) is 10.3. The quantitative estimate of drug-likeness (QED) is 0.791. The summed E-state index contributed by atoms with van der Waals surface area (Å²) in [4.78, 5) is 0. The summed E-state index contributed by atoms with van der Waals surface area (Å²) in [7, 11) is 0. The van der Waals surface area contributed by atoms with Crippen molar-refractivity contribution in [2.75, 3.05) is 6.61 Å². The van der Waals surface area contributed by atoms with E-state index in [4.69, 9.17) is 10.5 Å². The van der Waals surface area contributed by atoms with E-state index >= 15 is 0 Å². The first-order valence-corrected chi connectivity index (χ1v) is 6.33. The third-order valence-corrected chi connectivity index (χ3v) is 2.93. The second kappa shape index (κ2) is 5.75. The van der Waals surface area contributed by atoms with Crippen molar-refractivity contribution in [1.82, 2.24) is 0 Å². The molecule has 17 heavy (non-hydrogen) atoms. The Kier molecular flexibility index (Phi) is 4.06. The van der Waals surface area contributed by atoms with Gasteiger partial charge in [-0.3, -0.25) is 0 Å². The standard InChI is InChI=1S/C15H19NO/c1-2-5-14(16)10-9-13-7-3-6-12-8-4-11-17-15(12)13/h3,6-7,14H,2,4-5,8,11,16H2,1H3. The Morgan fingerprint density at radius 2 is 2.35 bits per heavy atom. The Balaban J connectivity index is 2.21. The van der Waals surface area contributed by atoms with Crippen LogP contribution in [0.1, 0.15) is 37.3 Å². The molecule has 0 saturated carbocycles. The first-order valence-electron chi connectivity index (χ1n) is 6.33. The number of hydrogen-bond acceptors (Lipinski definition) is 2. The van der Waals surface area contributed by atoms with Crippen LogP contribution in [-0.2, 0) is 6.42 Å². The normalized spacial score (nSPS) is 15.2. The Hall–Kier alpha value is -1.46. The van der Waals surface area contributed by atoms with Crippen molar-refractivity contribution in [3.63, 3.8) is 0 Å². The molecule has 2 N–H and O–H groups in total. The zero-order valence-corrected chi connectivity index (χ0v) is 10.3. The summed E-state index contributed by atoms with van der Waals surface area (Å²) in [5, 5.41) is 0. The van der Waals surface area contributed by atoms with E-state index in [1.54, 1.807) is 0 Å². The molecule has 90 valence electrons. The van der Waals surface area contributed by atoms with Crippen LogP contribution >= 0.6 is 0 Å². The van der Waals surface area contributed by atoms with Crippen molar-refractivity contribution in [2.24, 2.45) is 5.73 Å². The van der Waals surface area contributed by atoms with Gasteiger partial charge in [-0.1, -0.05) is 37.3 Å². The molecular weight excluding hydrogens is 210 g/mol. The Labute approximate surface area is 103 Å². The fourth-order valence-electron chi connectivity index (χ4n) is 2.04. The van der Waals surface area contributed by atoms with Gasteiger partial charge in [0.05, 0.1) is 18.2 Å². The third-order valence-electron chi connectivity index (χ3n) is 2.93. The van der Waals surface area contributed by atoms with Crippen LogP contribution in [0.3, 0.4) is 0 Å². The molecule has 1 heterocycles. The lowest BCUT2D eigenvalue weighted by Gasteiger charge is -2.18. The number of nitrogens with two attached hydrogens (primary N) is 1. The van der Waals surface area contributed by atoms with Crippen LogP contribution in [0.4, 0.5) is 0 Å². The molecule has 1 atom stereocenters. The molecule has 1 aromatic rings. The minimum Gasteiger partial charge on any atom is -0.492 e. The molecule has 0 fully saturated rings. The Morgan fingerprint density at radius 1 is 1.47 bits per heavy atom. The number of fused-ring (bicyclic) bond motifs is 1. The molecule has 1 aliphatic heterocycles. The van der Waals surface area contributed by atoms with Crippen molar-refractivity contribution < 1.29 is 4.74 Å². The minimum atomic E-state index is -0.0283. The summed E-state index contributed by atoms with van der Waals surface area (Å²) >= 11 is 0. The van der Waals surface area contributed by atoms with Crippen LogP contribution in [0.15, 0.2) is 18.2 Å². The molecule has 0 saturated heterocycles. The minimum absolute atomic E-state index is 0.0283. The molecule has 1 unspecified atom stereocenters. The lowest BCUT2D eigenvalue weighted by molar-refractivity contribution is 0.287. The predicted molar refractivity (Wildman–Crippen MR) is 70.0 cm³/mol. The summed E-state index contributed by atoms with van der Waals surface area (Å²) < 4.78 is 5.70. The van der Waals surface area contributed by atoms with Crippen LogP contribution in [-0.4, -0.2) is 12.6 Å². The van der Waals surface area contributed by atoms with Crippen LogP contribution in [0, 0.1) is 11.8 Å². The molecule has 0 aromatic heterocycles. The Morgan fingerprint density at radius 3 is 3.18 bits per heavy atom. The largest absolute Gasteiger partial charge is 0.492 e. The molecule has 1 aromatic carbocycles. The number of hydrogen-bond donors (Lipinski definition) is 1. The highest BCUT2D eigenvalue weighted by atomic mass is 16.5. The second-order valence-corrected chi connectivity index (χ2v) is 4.41. The van der Waals surface area contributed by atoms with Crippen LogP contribution in [0.2, 0.25) is 0 Å².